The van der Waals surface area contributed by atoms with Crippen LogP contribution in [0.2, 0.25) is 0 Å². The molecule has 6 heteroatoms. The normalized spacial score (nSPS) is 17.9. The van der Waals surface area contributed by atoms with Crippen molar-refractivity contribution in [1.29, 1.82) is 0 Å². The fourth-order valence-corrected chi connectivity index (χ4v) is 3.74. The number of aliphatic hydroxyl groups excluding tert-OH is 1. The third kappa shape index (κ3) is 5.03. The Labute approximate surface area is 183 Å². The summed E-state index contributed by atoms with van der Waals surface area (Å²) in [6, 6.07) is 15.4. The molecule has 0 unspecified atom stereocenters. The predicted molar refractivity (Wildman–Crippen MR) is 120 cm³/mol. The molecule has 1 aliphatic heterocycles. The van der Waals surface area contributed by atoms with Crippen molar-refractivity contribution in [3.8, 4) is 5.75 Å². The second-order valence-corrected chi connectivity index (χ2v) is 7.84. The number of nitrogens with zero attached hydrogens (tertiary/aromatic N) is 1. The number of Topliss-reactive ketones (excluding diaryl/α,β-unsaturated/α-hetero) is 1. The maximum absolute atomic E-state index is 13.0. The van der Waals surface area contributed by atoms with Gasteiger partial charge in [0.2, 0.25) is 0 Å². The number of carbonyl (C=O) groups is 2. The highest BCUT2D eigenvalue weighted by atomic mass is 16.5. The number of ether oxygens (including phenoxy) is 1. The van der Waals surface area contributed by atoms with Crippen LogP contribution in [0.5, 0.6) is 5.75 Å². The summed E-state index contributed by atoms with van der Waals surface area (Å²) in [7, 11) is 4.09. The minimum atomic E-state index is -0.676. The minimum Gasteiger partial charge on any atom is -0.507 e. The molecule has 0 aliphatic carbocycles. The largest absolute Gasteiger partial charge is 0.507 e. The van der Waals surface area contributed by atoms with Crippen molar-refractivity contribution in [2.75, 3.05) is 33.8 Å². The van der Waals surface area contributed by atoms with Crippen LogP contribution in [-0.2, 0) is 9.59 Å². The lowest BCUT2D eigenvalue weighted by Crippen LogP contribution is -3.05. The van der Waals surface area contributed by atoms with E-state index in [4.69, 9.17) is 4.74 Å². The van der Waals surface area contributed by atoms with Crippen LogP contribution < -0.4 is 9.64 Å². The van der Waals surface area contributed by atoms with Crippen molar-refractivity contribution in [1.82, 2.24) is 4.90 Å². The Morgan fingerprint density at radius 2 is 1.90 bits per heavy atom. The van der Waals surface area contributed by atoms with Crippen molar-refractivity contribution in [2.45, 2.75) is 12.5 Å². The van der Waals surface area contributed by atoms with Crippen molar-refractivity contribution in [3.05, 3.63) is 84.0 Å². The lowest BCUT2D eigenvalue weighted by Gasteiger charge is -2.26. The molecule has 3 rings (SSSR count). The highest BCUT2D eigenvalue weighted by Gasteiger charge is 2.45. The molecule has 1 saturated heterocycles. The number of carbonyl (C=O) groups excluding carboxylic acids is 2. The molecule has 0 saturated carbocycles. The molecule has 2 aromatic carbocycles. The second-order valence-electron chi connectivity index (χ2n) is 7.84. The standard InChI is InChI=1S/C25H28N2O4/c1-4-16-31-20-13-8-12-19(17-20)22-21(23(28)18-10-6-5-7-11-18)24(29)25(30)27(22)15-9-14-26(2)3/h4-8,10-13,17,22,28H,1,9,14-16H2,2-3H3/p+1/t22-/m0/s1. The van der Waals surface area contributed by atoms with Gasteiger partial charge < -0.3 is 19.6 Å². The Morgan fingerprint density at radius 3 is 2.58 bits per heavy atom. The zero-order chi connectivity index (χ0) is 22.4. The van der Waals surface area contributed by atoms with E-state index in [2.05, 4.69) is 6.58 Å². The van der Waals surface area contributed by atoms with Crippen LogP contribution in [0.25, 0.3) is 5.76 Å². The van der Waals surface area contributed by atoms with E-state index in [1.54, 1.807) is 35.2 Å². The number of likely N-dealkylation sites (tertiary alicyclic amines) is 1. The number of amides is 1. The van der Waals surface area contributed by atoms with E-state index in [-0.39, 0.29) is 11.3 Å². The number of aliphatic hydroxyl groups is 1. The third-order valence-electron chi connectivity index (χ3n) is 5.20. The first kappa shape index (κ1) is 22.3. The van der Waals surface area contributed by atoms with Crippen molar-refractivity contribution in [2.24, 2.45) is 0 Å². The van der Waals surface area contributed by atoms with Crippen molar-refractivity contribution >= 4 is 17.4 Å². The van der Waals surface area contributed by atoms with E-state index in [1.807, 2.05) is 44.4 Å². The first-order valence-corrected chi connectivity index (χ1v) is 10.4. The van der Waals surface area contributed by atoms with Gasteiger partial charge >= 0.3 is 0 Å². The van der Waals surface area contributed by atoms with Gasteiger partial charge in [-0.2, -0.15) is 0 Å². The van der Waals surface area contributed by atoms with Gasteiger partial charge in [0.05, 0.1) is 32.3 Å². The van der Waals surface area contributed by atoms with Crippen LogP contribution >= 0.6 is 0 Å². The average Bonchev–Trinajstić information content (AvgIpc) is 3.03. The highest BCUT2D eigenvalue weighted by Crippen LogP contribution is 2.40. The average molecular weight is 422 g/mol. The van der Waals surface area contributed by atoms with E-state index >= 15 is 0 Å². The predicted octanol–water partition coefficient (Wildman–Crippen LogP) is 2.21. The molecule has 2 aromatic rings. The summed E-state index contributed by atoms with van der Waals surface area (Å²) >= 11 is 0. The number of nitrogens with one attached hydrogen (secondary N) is 1. The molecule has 31 heavy (non-hydrogen) atoms. The number of benzene rings is 2. The maximum Gasteiger partial charge on any atom is 0.295 e. The van der Waals surface area contributed by atoms with E-state index in [0.717, 1.165) is 18.5 Å². The van der Waals surface area contributed by atoms with Gasteiger partial charge in [-0.3, -0.25) is 9.59 Å². The van der Waals surface area contributed by atoms with E-state index in [1.165, 1.54) is 4.90 Å². The van der Waals surface area contributed by atoms with Crippen LogP contribution in [0.3, 0.4) is 0 Å². The molecule has 1 amide bonds. The summed E-state index contributed by atoms with van der Waals surface area (Å²) in [5, 5.41) is 11.0. The number of hydrogen-bond acceptors (Lipinski definition) is 4. The molecule has 162 valence electrons. The quantitative estimate of drug-likeness (QED) is 0.282. The number of rotatable bonds is 9. The molecule has 2 N–H and O–H groups in total. The molecule has 1 aliphatic rings. The van der Waals surface area contributed by atoms with Crippen LogP contribution in [-0.4, -0.2) is 55.5 Å². The second kappa shape index (κ2) is 10.1. The maximum atomic E-state index is 13.0. The van der Waals surface area contributed by atoms with Crippen molar-refractivity contribution in [3.63, 3.8) is 0 Å². The summed E-state index contributed by atoms with van der Waals surface area (Å²) in [5.74, 6) is -0.808. The Bertz CT molecular complexity index is 982. The molecule has 1 fully saturated rings. The van der Waals surface area contributed by atoms with E-state index < -0.39 is 17.7 Å². The summed E-state index contributed by atoms with van der Waals surface area (Å²) in [4.78, 5) is 28.8. The van der Waals surface area contributed by atoms with Gasteiger partial charge in [0.25, 0.3) is 11.7 Å². The highest BCUT2D eigenvalue weighted by molar-refractivity contribution is 6.46. The smallest absolute Gasteiger partial charge is 0.295 e. The summed E-state index contributed by atoms with van der Waals surface area (Å²) in [6.45, 7) is 5.28. The van der Waals surface area contributed by atoms with Crippen LogP contribution in [0.4, 0.5) is 0 Å². The monoisotopic (exact) mass is 421 g/mol. The SMILES string of the molecule is C=CCOc1cccc([C@H]2C(=C(O)c3ccccc3)C(=O)C(=O)N2CCC[NH+](C)C)c1. The minimum absolute atomic E-state index is 0.106. The summed E-state index contributed by atoms with van der Waals surface area (Å²) in [5.41, 5.74) is 1.33. The molecule has 6 nitrogen and oxygen atoms in total. The molecule has 0 spiro atoms. The molecule has 1 atom stereocenters. The Morgan fingerprint density at radius 1 is 1.16 bits per heavy atom. The van der Waals surface area contributed by atoms with Gasteiger partial charge in [0.15, 0.2) is 0 Å². The van der Waals surface area contributed by atoms with Crippen LogP contribution in [0, 0.1) is 0 Å². The zero-order valence-corrected chi connectivity index (χ0v) is 18.0. The lowest BCUT2D eigenvalue weighted by molar-refractivity contribution is -0.858. The van der Waals surface area contributed by atoms with Gasteiger partial charge in [-0.05, 0) is 17.7 Å². The Hall–Kier alpha value is -3.38. The van der Waals surface area contributed by atoms with Gasteiger partial charge in [0, 0.05) is 18.5 Å². The molecule has 1 heterocycles. The van der Waals surface area contributed by atoms with Gasteiger partial charge in [-0.15, -0.1) is 0 Å². The molecular weight excluding hydrogens is 392 g/mol. The van der Waals surface area contributed by atoms with Gasteiger partial charge in [0.1, 0.15) is 18.1 Å². The van der Waals surface area contributed by atoms with Crippen molar-refractivity contribution < 1.29 is 24.3 Å². The first-order valence-electron chi connectivity index (χ1n) is 10.4. The fourth-order valence-electron chi connectivity index (χ4n) is 3.74. The Kier molecular flexibility index (Phi) is 7.26. The molecule has 0 aromatic heterocycles. The lowest BCUT2D eigenvalue weighted by atomic mass is 9.95. The number of ketones is 1. The van der Waals surface area contributed by atoms with Crippen LogP contribution in [0.15, 0.2) is 72.8 Å². The zero-order valence-electron chi connectivity index (χ0n) is 18.0. The van der Waals surface area contributed by atoms with Crippen LogP contribution in [0.1, 0.15) is 23.6 Å². The van der Waals surface area contributed by atoms with Gasteiger partial charge in [-0.1, -0.05) is 55.1 Å². The van der Waals surface area contributed by atoms with Gasteiger partial charge in [-0.25, -0.2) is 0 Å². The summed E-state index contributed by atoms with van der Waals surface area (Å²) < 4.78 is 5.65. The fraction of sp³-hybridized carbons (Fsp3) is 0.280. The van der Waals surface area contributed by atoms with E-state index in [9.17, 15) is 14.7 Å². The number of quaternary nitrogens is 1. The number of hydrogen-bond donors (Lipinski definition) is 2. The Balaban J connectivity index is 2.07. The topological polar surface area (TPSA) is 71.3 Å². The molecule has 0 bridgehead atoms. The van der Waals surface area contributed by atoms with E-state index in [0.29, 0.717) is 24.5 Å². The summed E-state index contributed by atoms with van der Waals surface area (Å²) in [6.07, 6.45) is 2.39. The first-order chi connectivity index (χ1) is 14.9. The molecular formula is C25H29N2O4+. The molecule has 0 radical (unpaired) electrons. The third-order valence-corrected chi connectivity index (χ3v) is 5.20.